The Morgan fingerprint density at radius 1 is 1.09 bits per heavy atom. The molecule has 0 saturated carbocycles. The lowest BCUT2D eigenvalue weighted by Crippen LogP contribution is -2.20. The van der Waals surface area contributed by atoms with Gasteiger partial charge in [-0.05, 0) is 62.2 Å². The number of benzene rings is 2. The predicted molar refractivity (Wildman–Crippen MR) is 93.2 cm³/mol. The molecular formula is C19H23NO3. The minimum Gasteiger partial charge on any atom is -0.484 e. The molecule has 0 aliphatic heterocycles. The van der Waals surface area contributed by atoms with Crippen LogP contribution in [-0.4, -0.2) is 18.3 Å². The van der Waals surface area contributed by atoms with E-state index in [1.54, 1.807) is 18.2 Å². The first-order valence-electron chi connectivity index (χ1n) is 7.06. The van der Waals surface area contributed by atoms with E-state index in [1.807, 2.05) is 38.1 Å². The van der Waals surface area contributed by atoms with Gasteiger partial charge in [0.25, 0.3) is 5.91 Å². The molecule has 1 N–H and O–H groups in total. The quantitative estimate of drug-likeness (QED) is 0.843. The van der Waals surface area contributed by atoms with Crippen LogP contribution in [0.1, 0.15) is 35.8 Å². The molecule has 0 aliphatic carbocycles. The number of hydrogen-bond donors (Lipinski definition) is 1. The Balaban J connectivity index is 0.00000264. The van der Waals surface area contributed by atoms with Gasteiger partial charge in [-0.3, -0.25) is 9.59 Å². The number of nitrogens with one attached hydrogen (secondary N) is 1. The normalized spacial score (nSPS) is 9.70. The summed E-state index contributed by atoms with van der Waals surface area (Å²) in [5.74, 6) is 0.438. The number of amides is 1. The Morgan fingerprint density at radius 3 is 2.43 bits per heavy atom. The van der Waals surface area contributed by atoms with E-state index in [-0.39, 0.29) is 25.7 Å². The molecule has 1 amide bonds. The van der Waals surface area contributed by atoms with Crippen LogP contribution in [-0.2, 0) is 4.79 Å². The molecule has 23 heavy (non-hydrogen) atoms. The van der Waals surface area contributed by atoms with E-state index in [0.29, 0.717) is 17.0 Å². The van der Waals surface area contributed by atoms with Crippen molar-refractivity contribution in [2.75, 3.05) is 11.9 Å². The number of aryl methyl sites for hydroxylation is 2. The molecule has 0 saturated heterocycles. The van der Waals surface area contributed by atoms with Gasteiger partial charge in [0.1, 0.15) is 5.75 Å². The average molecular weight is 313 g/mol. The molecule has 0 radical (unpaired) electrons. The van der Waals surface area contributed by atoms with Crippen molar-refractivity contribution in [2.24, 2.45) is 0 Å². The number of anilines is 1. The van der Waals surface area contributed by atoms with Gasteiger partial charge in [-0.1, -0.05) is 19.6 Å². The van der Waals surface area contributed by atoms with Crippen LogP contribution < -0.4 is 10.1 Å². The Hall–Kier alpha value is -2.62. The van der Waals surface area contributed by atoms with Crippen molar-refractivity contribution in [3.05, 3.63) is 59.2 Å². The molecule has 0 bridgehead atoms. The maximum absolute atomic E-state index is 11.9. The Bertz CT molecular complexity index is 708. The standard InChI is InChI=1S/C18H19NO3.CH4/c1-12-5-4-6-16(9-12)22-11-18(21)19-15-7-8-17(14(3)20)13(2)10-15;/h4-10H,11H2,1-3H3,(H,19,21);1H4. The molecule has 0 spiro atoms. The first-order valence-corrected chi connectivity index (χ1v) is 7.06. The van der Waals surface area contributed by atoms with E-state index in [0.717, 1.165) is 11.1 Å². The monoisotopic (exact) mass is 313 g/mol. The zero-order valence-electron chi connectivity index (χ0n) is 13.0. The lowest BCUT2D eigenvalue weighted by Gasteiger charge is -2.09. The molecule has 4 heteroatoms. The lowest BCUT2D eigenvalue weighted by molar-refractivity contribution is -0.118. The fourth-order valence-electron chi connectivity index (χ4n) is 2.19. The minimum atomic E-state index is -0.239. The molecule has 2 aromatic rings. The summed E-state index contributed by atoms with van der Waals surface area (Å²) in [7, 11) is 0. The fraction of sp³-hybridized carbons (Fsp3) is 0.263. The van der Waals surface area contributed by atoms with Crippen molar-refractivity contribution in [3.63, 3.8) is 0 Å². The van der Waals surface area contributed by atoms with Crippen molar-refractivity contribution in [1.82, 2.24) is 0 Å². The molecule has 0 fully saturated rings. The first-order chi connectivity index (χ1) is 10.5. The van der Waals surface area contributed by atoms with Gasteiger partial charge in [0.15, 0.2) is 12.4 Å². The predicted octanol–water partition coefficient (Wildman–Crippen LogP) is 4.16. The topological polar surface area (TPSA) is 55.4 Å². The van der Waals surface area contributed by atoms with Crippen LogP contribution in [0.4, 0.5) is 5.69 Å². The lowest BCUT2D eigenvalue weighted by atomic mass is 10.0. The summed E-state index contributed by atoms with van der Waals surface area (Å²) in [4.78, 5) is 23.3. The van der Waals surface area contributed by atoms with Crippen molar-refractivity contribution >= 4 is 17.4 Å². The van der Waals surface area contributed by atoms with E-state index in [9.17, 15) is 9.59 Å². The molecule has 0 heterocycles. The SMILES string of the molecule is C.CC(=O)c1ccc(NC(=O)COc2cccc(C)c2)cc1C. The number of ether oxygens (including phenoxy) is 1. The van der Waals surface area contributed by atoms with Gasteiger partial charge in [-0.15, -0.1) is 0 Å². The van der Waals surface area contributed by atoms with Crippen molar-refractivity contribution in [3.8, 4) is 5.75 Å². The third-order valence-corrected chi connectivity index (χ3v) is 3.25. The van der Waals surface area contributed by atoms with Crippen LogP contribution in [0.5, 0.6) is 5.75 Å². The molecule has 0 aromatic heterocycles. The Labute approximate surface area is 137 Å². The van der Waals surface area contributed by atoms with Gasteiger partial charge in [0.05, 0.1) is 0 Å². The second kappa shape index (κ2) is 8.13. The summed E-state index contributed by atoms with van der Waals surface area (Å²) < 4.78 is 5.45. The second-order valence-electron chi connectivity index (χ2n) is 5.24. The fourth-order valence-corrected chi connectivity index (χ4v) is 2.19. The molecular weight excluding hydrogens is 290 g/mol. The van der Waals surface area contributed by atoms with Gasteiger partial charge in [0.2, 0.25) is 0 Å². The maximum Gasteiger partial charge on any atom is 0.262 e. The molecule has 2 rings (SSSR count). The minimum absolute atomic E-state index is 0. The summed E-state index contributed by atoms with van der Waals surface area (Å²) in [5.41, 5.74) is 3.23. The van der Waals surface area contributed by atoms with Crippen LogP contribution in [0.25, 0.3) is 0 Å². The number of rotatable bonds is 5. The van der Waals surface area contributed by atoms with Gasteiger partial charge < -0.3 is 10.1 Å². The van der Waals surface area contributed by atoms with E-state index in [4.69, 9.17) is 4.74 Å². The highest BCUT2D eigenvalue weighted by Crippen LogP contribution is 2.16. The highest BCUT2D eigenvalue weighted by Gasteiger charge is 2.07. The highest BCUT2D eigenvalue weighted by molar-refractivity contribution is 5.97. The van der Waals surface area contributed by atoms with Gasteiger partial charge in [0, 0.05) is 11.3 Å². The van der Waals surface area contributed by atoms with Crippen LogP contribution in [0.2, 0.25) is 0 Å². The van der Waals surface area contributed by atoms with Gasteiger partial charge in [-0.2, -0.15) is 0 Å². The Kier molecular flexibility index (Phi) is 6.51. The summed E-state index contributed by atoms with van der Waals surface area (Å²) in [6, 6.07) is 12.7. The number of hydrogen-bond acceptors (Lipinski definition) is 3. The third kappa shape index (κ3) is 5.25. The number of ketones is 1. The van der Waals surface area contributed by atoms with Crippen LogP contribution in [0.15, 0.2) is 42.5 Å². The number of Topliss-reactive ketones (excluding diaryl/α,β-unsaturated/α-hetero) is 1. The van der Waals surface area contributed by atoms with Crippen molar-refractivity contribution in [1.29, 1.82) is 0 Å². The number of carbonyl (C=O) groups is 2. The average Bonchev–Trinajstić information content (AvgIpc) is 2.45. The molecule has 0 unspecified atom stereocenters. The smallest absolute Gasteiger partial charge is 0.262 e. The van der Waals surface area contributed by atoms with Gasteiger partial charge in [-0.25, -0.2) is 0 Å². The van der Waals surface area contributed by atoms with E-state index < -0.39 is 0 Å². The second-order valence-corrected chi connectivity index (χ2v) is 5.24. The van der Waals surface area contributed by atoms with E-state index in [2.05, 4.69) is 5.32 Å². The zero-order chi connectivity index (χ0) is 16.1. The molecule has 0 atom stereocenters. The largest absolute Gasteiger partial charge is 0.484 e. The highest BCUT2D eigenvalue weighted by atomic mass is 16.5. The summed E-state index contributed by atoms with van der Waals surface area (Å²) in [6.07, 6.45) is 0. The summed E-state index contributed by atoms with van der Waals surface area (Å²) in [5, 5.41) is 2.76. The van der Waals surface area contributed by atoms with E-state index in [1.165, 1.54) is 6.92 Å². The van der Waals surface area contributed by atoms with Crippen LogP contribution in [0.3, 0.4) is 0 Å². The molecule has 2 aromatic carbocycles. The van der Waals surface area contributed by atoms with Gasteiger partial charge >= 0.3 is 0 Å². The first kappa shape index (κ1) is 18.4. The van der Waals surface area contributed by atoms with Crippen molar-refractivity contribution < 1.29 is 14.3 Å². The summed E-state index contributed by atoms with van der Waals surface area (Å²) >= 11 is 0. The zero-order valence-corrected chi connectivity index (χ0v) is 13.0. The van der Waals surface area contributed by atoms with Crippen LogP contribution >= 0.6 is 0 Å². The van der Waals surface area contributed by atoms with E-state index >= 15 is 0 Å². The molecule has 0 aliphatic rings. The Morgan fingerprint density at radius 2 is 1.83 bits per heavy atom. The molecule has 4 nitrogen and oxygen atoms in total. The van der Waals surface area contributed by atoms with Crippen LogP contribution in [0, 0.1) is 13.8 Å². The molecule has 122 valence electrons. The van der Waals surface area contributed by atoms with Crippen molar-refractivity contribution in [2.45, 2.75) is 28.2 Å². The third-order valence-electron chi connectivity index (χ3n) is 3.25. The number of carbonyl (C=O) groups excluding carboxylic acids is 2. The maximum atomic E-state index is 11.9. The summed E-state index contributed by atoms with van der Waals surface area (Å²) in [6.45, 7) is 5.27.